The van der Waals surface area contributed by atoms with E-state index in [-0.39, 0.29) is 10.6 Å². The van der Waals surface area contributed by atoms with Gasteiger partial charge in [0.1, 0.15) is 5.01 Å². The first kappa shape index (κ1) is 19.1. The molecule has 1 aliphatic rings. The highest BCUT2D eigenvalue weighted by molar-refractivity contribution is 7.18. The van der Waals surface area contributed by atoms with Crippen LogP contribution in [0, 0.1) is 10.1 Å². The van der Waals surface area contributed by atoms with Gasteiger partial charge < -0.3 is 0 Å². The summed E-state index contributed by atoms with van der Waals surface area (Å²) in [6.45, 7) is 6.77. The second kappa shape index (κ2) is 7.75. The van der Waals surface area contributed by atoms with E-state index in [1.54, 1.807) is 29.7 Å². The van der Waals surface area contributed by atoms with Gasteiger partial charge in [0, 0.05) is 43.7 Å². The van der Waals surface area contributed by atoms with Crippen molar-refractivity contribution in [2.75, 3.05) is 26.2 Å². The Morgan fingerprint density at radius 3 is 2.73 bits per heavy atom. The van der Waals surface area contributed by atoms with E-state index in [1.165, 1.54) is 15.8 Å². The molecule has 2 aromatic heterocycles. The second-order valence-corrected chi connectivity index (χ2v) is 8.70. The summed E-state index contributed by atoms with van der Waals surface area (Å²) in [6, 6.07) is 13.5. The fraction of sp³-hybridized carbons (Fsp3) is 0.333. The molecule has 1 saturated heterocycles. The maximum Gasteiger partial charge on any atom is 0.270 e. The van der Waals surface area contributed by atoms with Gasteiger partial charge in [0.2, 0.25) is 0 Å². The van der Waals surface area contributed by atoms with E-state index in [0.29, 0.717) is 12.7 Å². The monoisotopic (exact) mass is 422 g/mol. The number of nitrogens with zero attached hydrogens (tertiary/aromatic N) is 6. The van der Waals surface area contributed by atoms with Gasteiger partial charge in [-0.25, -0.2) is 4.98 Å². The molecule has 0 saturated carbocycles. The van der Waals surface area contributed by atoms with Crippen LogP contribution in [0.25, 0.3) is 21.1 Å². The van der Waals surface area contributed by atoms with Crippen LogP contribution in [-0.4, -0.2) is 55.7 Å². The topological polar surface area (TPSA) is 80.3 Å². The fourth-order valence-electron chi connectivity index (χ4n) is 4.01. The number of non-ortho nitro benzene ring substituents is 1. The summed E-state index contributed by atoms with van der Waals surface area (Å²) < 4.78 is 3.16. The summed E-state index contributed by atoms with van der Waals surface area (Å²) in [6.07, 6.45) is 1.70. The normalized spacial score (nSPS) is 17.0. The van der Waals surface area contributed by atoms with E-state index in [4.69, 9.17) is 4.98 Å². The largest absolute Gasteiger partial charge is 0.292 e. The third kappa shape index (κ3) is 3.55. The molecule has 30 heavy (non-hydrogen) atoms. The summed E-state index contributed by atoms with van der Waals surface area (Å²) in [5, 5.41) is 17.4. The van der Waals surface area contributed by atoms with Gasteiger partial charge in [-0.1, -0.05) is 12.1 Å². The van der Waals surface area contributed by atoms with E-state index in [1.807, 2.05) is 10.7 Å². The number of thiazole rings is 1. The van der Waals surface area contributed by atoms with Crippen LogP contribution >= 0.6 is 11.3 Å². The molecule has 2 aromatic carbocycles. The minimum absolute atomic E-state index is 0.0968. The van der Waals surface area contributed by atoms with Crippen LogP contribution in [0.1, 0.15) is 18.0 Å². The molecule has 5 rings (SSSR count). The van der Waals surface area contributed by atoms with Gasteiger partial charge in [-0.2, -0.15) is 5.10 Å². The van der Waals surface area contributed by atoms with Crippen molar-refractivity contribution in [3.05, 3.63) is 63.8 Å². The SMILES string of the molecule is CC(c1nc2ccccc2s1)N1CCN(Cn2ncc3cc([N+](=O)[O-])ccc32)CC1. The minimum atomic E-state index is -0.372. The first-order valence-electron chi connectivity index (χ1n) is 10.0. The zero-order chi connectivity index (χ0) is 20.7. The maximum absolute atomic E-state index is 11.0. The van der Waals surface area contributed by atoms with Crippen LogP contribution in [0.4, 0.5) is 5.69 Å². The summed E-state index contributed by atoms with van der Waals surface area (Å²) in [7, 11) is 0. The Hall–Kier alpha value is -2.88. The first-order chi connectivity index (χ1) is 14.6. The van der Waals surface area contributed by atoms with Crippen molar-refractivity contribution in [1.29, 1.82) is 0 Å². The molecule has 154 valence electrons. The Balaban J connectivity index is 1.24. The number of fused-ring (bicyclic) bond motifs is 2. The predicted octanol–water partition coefficient (Wildman–Crippen LogP) is 3.89. The summed E-state index contributed by atoms with van der Waals surface area (Å²) in [4.78, 5) is 20.3. The van der Waals surface area contributed by atoms with Gasteiger partial charge in [0.05, 0.1) is 39.6 Å². The molecule has 0 radical (unpaired) electrons. The molecule has 1 fully saturated rings. The van der Waals surface area contributed by atoms with E-state index < -0.39 is 0 Å². The average molecular weight is 423 g/mol. The number of nitro benzene ring substituents is 1. The average Bonchev–Trinajstić information content (AvgIpc) is 3.37. The second-order valence-electron chi connectivity index (χ2n) is 7.64. The van der Waals surface area contributed by atoms with Crippen LogP contribution in [0.5, 0.6) is 0 Å². The van der Waals surface area contributed by atoms with Crippen LogP contribution in [-0.2, 0) is 6.67 Å². The minimum Gasteiger partial charge on any atom is -0.292 e. The molecule has 0 spiro atoms. The molecular formula is C21H22N6O2S. The number of rotatable bonds is 5. The Morgan fingerprint density at radius 2 is 1.97 bits per heavy atom. The van der Waals surface area contributed by atoms with Gasteiger partial charge in [-0.05, 0) is 25.1 Å². The molecule has 0 bridgehead atoms. The number of para-hydroxylation sites is 1. The smallest absolute Gasteiger partial charge is 0.270 e. The van der Waals surface area contributed by atoms with Crippen molar-refractivity contribution < 1.29 is 4.92 Å². The van der Waals surface area contributed by atoms with Gasteiger partial charge in [0.15, 0.2) is 0 Å². The van der Waals surface area contributed by atoms with Crippen molar-refractivity contribution in [2.45, 2.75) is 19.6 Å². The van der Waals surface area contributed by atoms with E-state index >= 15 is 0 Å². The Morgan fingerprint density at radius 1 is 1.17 bits per heavy atom. The number of piperazine rings is 1. The lowest BCUT2D eigenvalue weighted by Gasteiger charge is -2.37. The van der Waals surface area contributed by atoms with Gasteiger partial charge >= 0.3 is 0 Å². The molecule has 3 heterocycles. The molecule has 1 unspecified atom stereocenters. The molecule has 4 aromatic rings. The molecular weight excluding hydrogens is 400 g/mol. The van der Waals surface area contributed by atoms with Crippen molar-refractivity contribution in [1.82, 2.24) is 24.6 Å². The predicted molar refractivity (Wildman–Crippen MR) is 118 cm³/mol. The Bertz CT molecular complexity index is 1180. The van der Waals surface area contributed by atoms with Gasteiger partial charge in [0.25, 0.3) is 5.69 Å². The molecule has 8 nitrogen and oxygen atoms in total. The highest BCUT2D eigenvalue weighted by Gasteiger charge is 2.24. The maximum atomic E-state index is 11.0. The molecule has 1 aliphatic heterocycles. The lowest BCUT2D eigenvalue weighted by molar-refractivity contribution is -0.384. The zero-order valence-electron chi connectivity index (χ0n) is 16.6. The van der Waals surface area contributed by atoms with Crippen molar-refractivity contribution in [3.63, 3.8) is 0 Å². The number of benzene rings is 2. The standard InChI is InChI=1S/C21H22N6O2S/c1-15(21-23-18-4-2-3-5-20(18)30-21)25-10-8-24(9-11-25)14-26-19-7-6-17(27(28)29)12-16(19)13-22-26/h2-7,12-13,15H,8-11,14H2,1H3. The van der Waals surface area contributed by atoms with Crippen molar-refractivity contribution >= 4 is 38.1 Å². The van der Waals surface area contributed by atoms with Crippen molar-refractivity contribution in [2.24, 2.45) is 0 Å². The van der Waals surface area contributed by atoms with E-state index in [0.717, 1.165) is 42.6 Å². The first-order valence-corrected chi connectivity index (χ1v) is 10.8. The van der Waals surface area contributed by atoms with Gasteiger partial charge in [-0.15, -0.1) is 11.3 Å². The lowest BCUT2D eigenvalue weighted by atomic mass is 10.2. The lowest BCUT2D eigenvalue weighted by Crippen LogP contribution is -2.47. The number of nitro groups is 1. The quantitative estimate of drug-likeness (QED) is 0.359. The highest BCUT2D eigenvalue weighted by Crippen LogP contribution is 2.30. The summed E-state index contributed by atoms with van der Waals surface area (Å²) in [5.41, 5.74) is 2.10. The fourth-order valence-corrected chi connectivity index (χ4v) is 5.06. The summed E-state index contributed by atoms with van der Waals surface area (Å²) in [5.74, 6) is 0. The number of hydrogen-bond donors (Lipinski definition) is 0. The number of aromatic nitrogens is 3. The Labute approximate surface area is 177 Å². The van der Waals surface area contributed by atoms with Crippen LogP contribution in [0.2, 0.25) is 0 Å². The number of hydrogen-bond acceptors (Lipinski definition) is 7. The van der Waals surface area contributed by atoms with Crippen LogP contribution in [0.15, 0.2) is 48.7 Å². The zero-order valence-corrected chi connectivity index (χ0v) is 17.5. The molecule has 9 heteroatoms. The van der Waals surface area contributed by atoms with Crippen LogP contribution in [0.3, 0.4) is 0 Å². The van der Waals surface area contributed by atoms with E-state index in [9.17, 15) is 10.1 Å². The van der Waals surface area contributed by atoms with Crippen molar-refractivity contribution in [3.8, 4) is 0 Å². The highest BCUT2D eigenvalue weighted by atomic mass is 32.1. The third-order valence-corrected chi connectivity index (χ3v) is 7.00. The molecule has 0 N–H and O–H groups in total. The molecule has 0 amide bonds. The van der Waals surface area contributed by atoms with E-state index in [2.05, 4.69) is 40.0 Å². The van der Waals surface area contributed by atoms with Crippen LogP contribution < -0.4 is 0 Å². The third-order valence-electron chi connectivity index (χ3n) is 5.79. The summed E-state index contributed by atoms with van der Waals surface area (Å²) >= 11 is 1.78. The molecule has 0 aliphatic carbocycles. The molecule has 1 atom stereocenters. The van der Waals surface area contributed by atoms with Gasteiger partial charge in [-0.3, -0.25) is 24.6 Å². The Kier molecular flexibility index (Phi) is 4.93.